The number of aliphatic carboxylic acids is 1. The van der Waals surface area contributed by atoms with Crippen molar-refractivity contribution in [1.82, 2.24) is 0 Å². The Kier molecular flexibility index (Phi) is 12.3. The maximum absolute atomic E-state index is 13.2. The standard InChI is InChI=1S/C21H14I6N2O8/c1-6(30)28-16-10(24)4-8(22)12(14(16)26)18(32)36-21(3,20(34)35)37-19(33)13-9(23)5-11(25)17(15(13)27)29-7(2)31/h4-5H,1-3H3,(H,28,30)(H,29,31)(H,34,35). The molecule has 0 radical (unpaired) electrons. The number of hydrogen-bond acceptors (Lipinski definition) is 7. The van der Waals surface area contributed by atoms with Gasteiger partial charge in [-0.2, -0.15) is 0 Å². The second-order valence-corrected chi connectivity index (χ2v) is 14.0. The molecule has 2 aromatic carbocycles. The van der Waals surface area contributed by atoms with Gasteiger partial charge in [-0.15, -0.1) is 0 Å². The lowest BCUT2D eigenvalue weighted by molar-refractivity contribution is -0.198. The molecule has 0 aliphatic rings. The molecule has 37 heavy (non-hydrogen) atoms. The smallest absolute Gasteiger partial charge is 0.390 e. The van der Waals surface area contributed by atoms with Crippen LogP contribution < -0.4 is 10.6 Å². The SMILES string of the molecule is CC(=O)Nc1c(I)cc(I)c(C(=O)OC(C)(OC(=O)c2c(I)cc(I)c(NC(C)=O)c2I)C(=O)O)c1I. The third kappa shape index (κ3) is 8.11. The zero-order valence-corrected chi connectivity index (χ0v) is 31.7. The number of nitrogens with one attached hydrogen (secondary N) is 2. The second kappa shape index (κ2) is 13.7. The molecule has 0 aliphatic heterocycles. The number of hydrogen-bond donors (Lipinski definition) is 3. The van der Waals surface area contributed by atoms with Gasteiger partial charge in [-0.05, 0) is 148 Å². The van der Waals surface area contributed by atoms with E-state index < -0.39 is 23.7 Å². The fourth-order valence-electron chi connectivity index (χ4n) is 2.70. The van der Waals surface area contributed by atoms with Crippen LogP contribution in [0.15, 0.2) is 12.1 Å². The van der Waals surface area contributed by atoms with Gasteiger partial charge in [-0.25, -0.2) is 14.4 Å². The van der Waals surface area contributed by atoms with E-state index in [0.29, 0.717) is 32.8 Å². The van der Waals surface area contributed by atoms with E-state index in [4.69, 9.17) is 9.47 Å². The summed E-state index contributed by atoms with van der Waals surface area (Å²) < 4.78 is 13.4. The van der Waals surface area contributed by atoms with Crippen molar-refractivity contribution in [1.29, 1.82) is 0 Å². The Morgan fingerprint density at radius 2 is 1.03 bits per heavy atom. The summed E-state index contributed by atoms with van der Waals surface area (Å²) in [5.74, 6) is -7.27. The van der Waals surface area contributed by atoms with Crippen LogP contribution >= 0.6 is 136 Å². The molecule has 2 aromatic rings. The number of carbonyl (C=O) groups is 5. The number of halogens is 6. The molecule has 3 N–H and O–H groups in total. The first-order valence-corrected chi connectivity index (χ1v) is 16.1. The first-order valence-electron chi connectivity index (χ1n) is 9.60. The molecular formula is C21H14I6N2O8. The van der Waals surface area contributed by atoms with Crippen molar-refractivity contribution in [3.05, 3.63) is 44.7 Å². The minimum absolute atomic E-state index is 0.000241. The van der Waals surface area contributed by atoms with Gasteiger partial charge in [-0.1, -0.05) is 0 Å². The third-order valence-corrected chi connectivity index (χ3v) is 9.87. The molecule has 2 amide bonds. The Morgan fingerprint density at radius 1 is 0.703 bits per heavy atom. The van der Waals surface area contributed by atoms with Crippen molar-refractivity contribution >= 4 is 177 Å². The summed E-state index contributed by atoms with van der Waals surface area (Å²) in [6, 6.07) is 3.24. The third-order valence-electron chi connectivity index (χ3n) is 4.31. The van der Waals surface area contributed by atoms with Crippen molar-refractivity contribution in [3.8, 4) is 0 Å². The summed E-state index contributed by atoms with van der Waals surface area (Å²) in [5.41, 5.74) is 0.729. The van der Waals surface area contributed by atoms with Gasteiger partial charge in [0, 0.05) is 35.1 Å². The number of benzene rings is 2. The van der Waals surface area contributed by atoms with E-state index in [1.54, 1.807) is 12.1 Å². The van der Waals surface area contributed by atoms with E-state index >= 15 is 0 Å². The fraction of sp³-hybridized carbons (Fsp3) is 0.190. The maximum Gasteiger partial charge on any atom is 0.390 e. The molecule has 2 rings (SSSR count). The molecule has 0 saturated heterocycles. The van der Waals surface area contributed by atoms with E-state index in [2.05, 4.69) is 10.6 Å². The minimum atomic E-state index is -2.69. The predicted molar refractivity (Wildman–Crippen MR) is 185 cm³/mol. The number of rotatable bonds is 7. The quantitative estimate of drug-likeness (QED) is 0.173. The molecular weight excluding hydrogens is 1170 g/mol. The lowest BCUT2D eigenvalue weighted by atomic mass is 10.2. The van der Waals surface area contributed by atoms with Crippen LogP contribution in [-0.2, 0) is 23.9 Å². The number of amides is 2. The number of anilines is 2. The van der Waals surface area contributed by atoms with Crippen LogP contribution in [0.1, 0.15) is 41.5 Å². The Bertz CT molecular complexity index is 1260. The molecule has 198 valence electrons. The lowest BCUT2D eigenvalue weighted by Gasteiger charge is -2.26. The highest BCUT2D eigenvalue weighted by atomic mass is 127. The fourth-order valence-corrected chi connectivity index (χ4v) is 10.9. The van der Waals surface area contributed by atoms with Crippen molar-refractivity contribution in [2.75, 3.05) is 10.6 Å². The number of carboxylic acids is 1. The predicted octanol–water partition coefficient (Wildman–Crippen LogP) is 6.05. The van der Waals surface area contributed by atoms with Crippen LogP contribution in [0.3, 0.4) is 0 Å². The van der Waals surface area contributed by atoms with E-state index in [1.165, 1.54) is 13.8 Å². The highest BCUT2D eigenvalue weighted by Gasteiger charge is 2.44. The monoisotopic (exact) mass is 1180 g/mol. The molecule has 0 bridgehead atoms. The summed E-state index contributed by atoms with van der Waals surface area (Å²) in [7, 11) is 0. The van der Waals surface area contributed by atoms with Crippen molar-refractivity contribution in [3.63, 3.8) is 0 Å². The average molecular weight is 1180 g/mol. The van der Waals surface area contributed by atoms with Crippen LogP contribution in [-0.4, -0.2) is 40.6 Å². The number of carbonyl (C=O) groups excluding carboxylic acids is 4. The summed E-state index contributed by atoms with van der Waals surface area (Å²) in [6.07, 6.45) is 0. The van der Waals surface area contributed by atoms with Crippen LogP contribution in [0.25, 0.3) is 0 Å². The number of esters is 2. The zero-order valence-electron chi connectivity index (χ0n) is 18.7. The maximum atomic E-state index is 13.2. The first-order chi connectivity index (χ1) is 17.0. The summed E-state index contributed by atoms with van der Waals surface area (Å²) in [6.45, 7) is 3.56. The lowest BCUT2D eigenvalue weighted by Crippen LogP contribution is -2.45. The normalized spacial score (nSPS) is 10.9. The van der Waals surface area contributed by atoms with Gasteiger partial charge in [0.15, 0.2) is 0 Å². The Morgan fingerprint density at radius 3 is 1.30 bits per heavy atom. The summed E-state index contributed by atoms with van der Waals surface area (Å²) >= 11 is 11.5. The molecule has 0 unspecified atom stereocenters. The van der Waals surface area contributed by atoms with Crippen LogP contribution in [0.4, 0.5) is 11.4 Å². The molecule has 0 aliphatic carbocycles. The largest absolute Gasteiger partial charge is 0.475 e. The summed E-state index contributed by atoms with van der Waals surface area (Å²) in [4.78, 5) is 61.7. The Hall–Kier alpha value is 0.170. The molecule has 0 heterocycles. The van der Waals surface area contributed by atoms with Crippen LogP contribution in [0.5, 0.6) is 0 Å². The summed E-state index contributed by atoms with van der Waals surface area (Å²) in [5, 5.41) is 15.1. The van der Waals surface area contributed by atoms with Gasteiger partial charge >= 0.3 is 23.7 Å². The number of ether oxygens (including phenoxy) is 2. The van der Waals surface area contributed by atoms with Gasteiger partial charge in [0.25, 0.3) is 0 Å². The van der Waals surface area contributed by atoms with Crippen LogP contribution in [0, 0.1) is 21.4 Å². The van der Waals surface area contributed by atoms with E-state index in [-0.39, 0.29) is 22.9 Å². The molecule has 0 aromatic heterocycles. The van der Waals surface area contributed by atoms with Gasteiger partial charge in [0.2, 0.25) is 11.8 Å². The van der Waals surface area contributed by atoms with Gasteiger partial charge in [-0.3, -0.25) is 9.59 Å². The van der Waals surface area contributed by atoms with E-state index in [1.807, 2.05) is 136 Å². The minimum Gasteiger partial charge on any atom is -0.475 e. The number of carboxylic acid groups (broad SMARTS) is 1. The molecule has 10 nitrogen and oxygen atoms in total. The Labute approximate surface area is 292 Å². The molecule has 0 atom stereocenters. The van der Waals surface area contributed by atoms with Crippen molar-refractivity contribution in [2.24, 2.45) is 0 Å². The highest BCUT2D eigenvalue weighted by molar-refractivity contribution is 14.1. The van der Waals surface area contributed by atoms with Gasteiger partial charge in [0.1, 0.15) is 0 Å². The van der Waals surface area contributed by atoms with Crippen molar-refractivity contribution in [2.45, 2.75) is 26.6 Å². The first kappa shape index (κ1) is 33.4. The molecule has 0 spiro atoms. The van der Waals surface area contributed by atoms with Gasteiger partial charge in [0.05, 0.1) is 29.6 Å². The molecule has 16 heteroatoms. The zero-order chi connectivity index (χ0) is 28.4. The second-order valence-electron chi connectivity index (χ2n) is 7.20. The highest BCUT2D eigenvalue weighted by Crippen LogP contribution is 2.35. The average Bonchev–Trinajstić information content (AvgIpc) is 2.73. The van der Waals surface area contributed by atoms with Crippen molar-refractivity contribution < 1.29 is 38.6 Å². The molecule has 0 saturated carbocycles. The van der Waals surface area contributed by atoms with E-state index in [9.17, 15) is 29.1 Å². The van der Waals surface area contributed by atoms with E-state index in [0.717, 1.165) is 6.92 Å². The van der Waals surface area contributed by atoms with Gasteiger partial charge < -0.3 is 25.2 Å². The molecule has 0 fully saturated rings. The Balaban J connectivity index is 2.50. The topological polar surface area (TPSA) is 148 Å². The van der Waals surface area contributed by atoms with Crippen LogP contribution in [0.2, 0.25) is 0 Å².